The van der Waals surface area contributed by atoms with E-state index >= 15 is 0 Å². The predicted molar refractivity (Wildman–Crippen MR) is 463 cm³/mol. The topological polar surface area (TPSA) is 231 Å². The Hall–Kier alpha value is -4.57. The molecule has 0 aromatic rings. The van der Waals surface area contributed by atoms with Gasteiger partial charge in [-0.3, -0.25) is 32.5 Å². The van der Waals surface area contributed by atoms with Crippen LogP contribution in [0.2, 0.25) is 0 Å². The second-order valence-corrected chi connectivity index (χ2v) is 32.2. The molecule has 0 amide bonds. The number of phosphoric ester groups is 2. The van der Waals surface area contributed by atoms with E-state index in [0.717, 1.165) is 167 Å². The van der Waals surface area contributed by atoms with Crippen molar-refractivity contribution >= 4 is 33.6 Å². The number of aliphatic hydroxyl groups is 2. The normalized spacial score (nSPS) is 14.5. The molecule has 0 saturated carbocycles. The van der Waals surface area contributed by atoms with Gasteiger partial charge in [-0.25, -0.2) is 9.13 Å². The van der Waals surface area contributed by atoms with Crippen molar-refractivity contribution < 1.29 is 75.8 Å². The summed E-state index contributed by atoms with van der Waals surface area (Å²) in [6, 6.07) is 0. The summed E-state index contributed by atoms with van der Waals surface area (Å²) in [7, 11) is -9.81. The zero-order valence-electron chi connectivity index (χ0n) is 70.1. The fourth-order valence-electron chi connectivity index (χ4n) is 11.8. The van der Waals surface area contributed by atoms with Gasteiger partial charge in [0.1, 0.15) is 25.4 Å². The number of allylic oxidation sites excluding steroid dienone is 24. The standard InChI is InChI=1S/C93H160O16P2/c1-4-7-10-13-16-19-22-25-28-31-34-36-38-39-40-41-42-43-44-45-46-47-49-51-53-55-58-61-64-67-70-73-76-79-91(96)103-82-88(94)83-105-110(99,100)106-84-89(95)85-107-111(101,102)108-87-90(109-93(98)81-78-75-72-69-66-63-60-57-52-33-30-27-24-21-18-15-12-9-6-3)86-104-92(97)80-77-74-71-68-65-62-59-56-54-50-48-37-35-32-29-26-23-20-17-14-11-8-5-2/h9,12,16-21,25-30,34-37,39-40,50,52,54,57,88-90,94-95H,4-8,10-11,13-15,22-24,31-33,38,41-49,51,53,55-56,58-87H2,1-3H3,(H,99,100)(H,101,102)/b12-9-,19-16-,20-17-,21-18-,28-25-,29-26-,30-27-,36-34-,37-35-,40-39-,54-50-,57-52-. The van der Waals surface area contributed by atoms with Crippen molar-refractivity contribution in [3.05, 3.63) is 146 Å². The number of carbonyl (C=O) groups is 3. The number of ether oxygens (including phenoxy) is 3. The summed E-state index contributed by atoms with van der Waals surface area (Å²) in [6.07, 6.45) is 106. The summed E-state index contributed by atoms with van der Waals surface area (Å²) in [5.41, 5.74) is 0. The Balaban J connectivity index is 4.54. The number of hydrogen-bond donors (Lipinski definition) is 4. The van der Waals surface area contributed by atoms with E-state index < -0.39 is 91.5 Å². The summed E-state index contributed by atoms with van der Waals surface area (Å²) in [6.45, 7) is 2.52. The van der Waals surface area contributed by atoms with Crippen LogP contribution in [-0.2, 0) is 55.8 Å². The molecule has 0 aromatic heterocycles. The van der Waals surface area contributed by atoms with E-state index in [9.17, 15) is 43.5 Å². The molecule has 16 nitrogen and oxygen atoms in total. The molecule has 0 aliphatic heterocycles. The van der Waals surface area contributed by atoms with E-state index in [4.69, 9.17) is 32.3 Å². The van der Waals surface area contributed by atoms with Crippen molar-refractivity contribution in [1.82, 2.24) is 0 Å². The van der Waals surface area contributed by atoms with Crippen LogP contribution in [0.1, 0.15) is 367 Å². The molecular weight excluding hydrogens is 1430 g/mol. The maximum Gasteiger partial charge on any atom is 0.472 e. The lowest BCUT2D eigenvalue weighted by atomic mass is 10.0. The molecule has 0 fully saturated rings. The molecule has 5 atom stereocenters. The minimum Gasteiger partial charge on any atom is -0.463 e. The molecule has 111 heavy (non-hydrogen) atoms. The summed E-state index contributed by atoms with van der Waals surface area (Å²) >= 11 is 0. The van der Waals surface area contributed by atoms with E-state index in [-0.39, 0.29) is 19.3 Å². The average Bonchev–Trinajstić information content (AvgIpc) is 0.582. The largest absolute Gasteiger partial charge is 0.472 e. The van der Waals surface area contributed by atoms with Gasteiger partial charge in [-0.2, -0.15) is 0 Å². The van der Waals surface area contributed by atoms with Gasteiger partial charge in [-0.15, -0.1) is 0 Å². The Morgan fingerprint density at radius 3 is 0.757 bits per heavy atom. The van der Waals surface area contributed by atoms with Gasteiger partial charge in [0.05, 0.1) is 26.4 Å². The highest BCUT2D eigenvalue weighted by atomic mass is 31.2. The molecule has 0 aromatic carbocycles. The highest BCUT2D eigenvalue weighted by Gasteiger charge is 2.29. The quantitative estimate of drug-likeness (QED) is 0.0146. The lowest BCUT2D eigenvalue weighted by molar-refractivity contribution is -0.161. The third kappa shape index (κ3) is 86.1. The summed E-state index contributed by atoms with van der Waals surface area (Å²) in [5, 5.41) is 20.7. The molecule has 0 bridgehead atoms. The molecule has 0 spiro atoms. The summed E-state index contributed by atoms with van der Waals surface area (Å²) in [4.78, 5) is 58.9. The molecule has 0 heterocycles. The molecule has 0 radical (unpaired) electrons. The molecule has 0 aliphatic carbocycles. The monoisotopic (exact) mass is 1600 g/mol. The molecule has 638 valence electrons. The Morgan fingerprint density at radius 1 is 0.261 bits per heavy atom. The van der Waals surface area contributed by atoms with Gasteiger partial charge >= 0.3 is 33.6 Å². The number of aliphatic hydroxyl groups excluding tert-OH is 2. The van der Waals surface area contributed by atoms with Gasteiger partial charge in [0.25, 0.3) is 0 Å². The Labute approximate surface area is 677 Å². The predicted octanol–water partition coefficient (Wildman–Crippen LogP) is 26.8. The first kappa shape index (κ1) is 106. The smallest absolute Gasteiger partial charge is 0.463 e. The van der Waals surface area contributed by atoms with Gasteiger partial charge in [0.15, 0.2) is 6.10 Å². The molecular formula is C93H160O16P2. The van der Waals surface area contributed by atoms with Gasteiger partial charge in [0, 0.05) is 19.3 Å². The minimum absolute atomic E-state index is 0.0823. The number of unbranched alkanes of at least 4 members (excludes halogenated alkanes) is 36. The van der Waals surface area contributed by atoms with Crippen molar-refractivity contribution in [2.24, 2.45) is 0 Å². The molecule has 0 saturated heterocycles. The van der Waals surface area contributed by atoms with Crippen molar-refractivity contribution in [3.8, 4) is 0 Å². The number of esters is 3. The van der Waals surface area contributed by atoms with E-state index in [2.05, 4.69) is 167 Å². The Morgan fingerprint density at radius 2 is 0.477 bits per heavy atom. The van der Waals surface area contributed by atoms with E-state index in [1.165, 1.54) is 141 Å². The second-order valence-electron chi connectivity index (χ2n) is 29.3. The Kier molecular flexibility index (Phi) is 81.3. The SMILES string of the molecule is CC/C=C\C/C=C\C/C=C\C/C=C\CCCCCCCCC(=O)OC(COC(=O)CCCCCCCCC/C=C\C/C=C\C/C=C\C/C=C\CCCCC)COP(=O)(O)OCC(O)COP(=O)(O)OCC(O)COC(=O)CCCCCCCCCCCCCCCCCCC/C=C\C/C=C\C/C=C\C/C=C\CCCCC. The lowest BCUT2D eigenvalue weighted by Gasteiger charge is -2.21. The van der Waals surface area contributed by atoms with Crippen molar-refractivity contribution in [3.63, 3.8) is 0 Å². The number of hydrogen-bond acceptors (Lipinski definition) is 14. The van der Waals surface area contributed by atoms with Crippen LogP contribution < -0.4 is 0 Å². The highest BCUT2D eigenvalue weighted by Crippen LogP contribution is 2.45. The Bertz CT molecular complexity index is 2600. The first-order valence-corrected chi connectivity index (χ1v) is 47.1. The molecule has 0 aliphatic rings. The third-order valence-electron chi connectivity index (χ3n) is 18.5. The van der Waals surface area contributed by atoms with Crippen LogP contribution in [0.25, 0.3) is 0 Å². The van der Waals surface area contributed by atoms with Gasteiger partial charge in [-0.05, 0) is 148 Å². The van der Waals surface area contributed by atoms with E-state index in [1.807, 2.05) is 0 Å². The van der Waals surface area contributed by atoms with Crippen molar-refractivity contribution in [2.75, 3.05) is 39.6 Å². The summed E-state index contributed by atoms with van der Waals surface area (Å²) in [5.74, 6) is -1.60. The maximum atomic E-state index is 13.0. The zero-order valence-corrected chi connectivity index (χ0v) is 71.9. The highest BCUT2D eigenvalue weighted by molar-refractivity contribution is 7.47. The van der Waals surface area contributed by atoms with Crippen LogP contribution in [-0.4, -0.2) is 95.9 Å². The maximum absolute atomic E-state index is 13.0. The fourth-order valence-corrected chi connectivity index (χ4v) is 13.4. The number of phosphoric acid groups is 2. The van der Waals surface area contributed by atoms with Crippen LogP contribution in [0, 0.1) is 0 Å². The number of rotatable bonds is 83. The molecule has 4 N–H and O–H groups in total. The molecule has 18 heteroatoms. The fraction of sp³-hybridized carbons (Fsp3) is 0.710. The van der Waals surface area contributed by atoms with Crippen molar-refractivity contribution in [2.45, 2.75) is 386 Å². The van der Waals surface area contributed by atoms with Crippen LogP contribution >= 0.6 is 15.6 Å². The first-order chi connectivity index (χ1) is 54.2. The third-order valence-corrected chi connectivity index (χ3v) is 20.4. The first-order valence-electron chi connectivity index (χ1n) is 44.1. The molecule has 0 rings (SSSR count). The van der Waals surface area contributed by atoms with Gasteiger partial charge in [0.2, 0.25) is 0 Å². The van der Waals surface area contributed by atoms with Crippen LogP contribution in [0.5, 0.6) is 0 Å². The van der Waals surface area contributed by atoms with E-state index in [0.29, 0.717) is 19.3 Å². The van der Waals surface area contributed by atoms with Crippen LogP contribution in [0.3, 0.4) is 0 Å². The van der Waals surface area contributed by atoms with Gasteiger partial charge in [-0.1, -0.05) is 346 Å². The average molecular weight is 1600 g/mol. The number of carbonyl (C=O) groups excluding carboxylic acids is 3. The summed E-state index contributed by atoms with van der Waals surface area (Å²) < 4.78 is 61.3. The minimum atomic E-state index is -4.95. The lowest BCUT2D eigenvalue weighted by Crippen LogP contribution is -2.30. The van der Waals surface area contributed by atoms with Crippen molar-refractivity contribution in [1.29, 1.82) is 0 Å². The van der Waals surface area contributed by atoms with Gasteiger partial charge < -0.3 is 34.2 Å². The van der Waals surface area contributed by atoms with Crippen LogP contribution in [0.15, 0.2) is 146 Å². The van der Waals surface area contributed by atoms with Crippen LogP contribution in [0.4, 0.5) is 0 Å². The second kappa shape index (κ2) is 84.8. The van der Waals surface area contributed by atoms with E-state index in [1.54, 1.807) is 0 Å². The zero-order chi connectivity index (χ0) is 80.8. The molecule has 5 unspecified atom stereocenters.